The van der Waals surface area contributed by atoms with Gasteiger partial charge in [-0.3, -0.25) is 14.4 Å². The number of amides is 3. The Kier molecular flexibility index (Phi) is 5.31. The number of benzene rings is 2. The number of carbonyl (C=O) groups excluding carboxylic acids is 3. The summed E-state index contributed by atoms with van der Waals surface area (Å²) in [4.78, 5) is 37.2. The van der Waals surface area contributed by atoms with Gasteiger partial charge in [0, 0.05) is 25.6 Å². The van der Waals surface area contributed by atoms with Crippen LogP contribution in [0, 0.1) is 0 Å². The lowest BCUT2D eigenvalue weighted by Crippen LogP contribution is -2.25. The van der Waals surface area contributed by atoms with Crippen LogP contribution in [0.2, 0.25) is 0 Å². The second-order valence-corrected chi connectivity index (χ2v) is 6.27. The summed E-state index contributed by atoms with van der Waals surface area (Å²) >= 11 is 0. The first kappa shape index (κ1) is 17.7. The van der Waals surface area contributed by atoms with E-state index in [4.69, 9.17) is 0 Å². The van der Waals surface area contributed by atoms with Crippen molar-refractivity contribution >= 4 is 34.8 Å². The number of rotatable bonds is 5. The van der Waals surface area contributed by atoms with Gasteiger partial charge in [0.25, 0.3) is 0 Å². The van der Waals surface area contributed by atoms with Crippen LogP contribution in [0.15, 0.2) is 48.5 Å². The van der Waals surface area contributed by atoms with Gasteiger partial charge in [0.2, 0.25) is 17.7 Å². The molecule has 3 rings (SSSR count). The summed E-state index contributed by atoms with van der Waals surface area (Å²) in [7, 11) is 0. The van der Waals surface area contributed by atoms with E-state index in [1.165, 1.54) is 6.92 Å². The van der Waals surface area contributed by atoms with Crippen LogP contribution in [-0.2, 0) is 20.8 Å². The quantitative estimate of drug-likeness (QED) is 0.869. The molecule has 134 valence electrons. The summed E-state index contributed by atoms with van der Waals surface area (Å²) in [6.07, 6.45) is 1.59. The smallest absolute Gasteiger partial charge is 0.228 e. The molecule has 0 aromatic heterocycles. The average Bonchev–Trinajstić information content (AvgIpc) is 3.02. The van der Waals surface area contributed by atoms with Gasteiger partial charge in [0.1, 0.15) is 0 Å². The van der Waals surface area contributed by atoms with Gasteiger partial charge in [0.15, 0.2) is 0 Å². The second kappa shape index (κ2) is 7.82. The molecule has 26 heavy (non-hydrogen) atoms. The third-order valence-corrected chi connectivity index (χ3v) is 4.18. The number of carbonyl (C=O) groups is 3. The highest BCUT2D eigenvalue weighted by atomic mass is 16.2. The van der Waals surface area contributed by atoms with Crippen molar-refractivity contribution in [1.29, 1.82) is 0 Å². The lowest BCUT2D eigenvalue weighted by molar-refractivity contribution is -0.117. The minimum absolute atomic E-state index is 0.0836. The van der Waals surface area contributed by atoms with Crippen LogP contribution in [0.1, 0.15) is 25.3 Å². The third-order valence-electron chi connectivity index (χ3n) is 4.18. The number of hydrogen-bond acceptors (Lipinski definition) is 3. The number of anilines is 3. The van der Waals surface area contributed by atoms with Crippen molar-refractivity contribution in [3.63, 3.8) is 0 Å². The predicted molar refractivity (Wildman–Crippen MR) is 101 cm³/mol. The molecule has 3 amide bonds. The van der Waals surface area contributed by atoms with E-state index in [9.17, 15) is 14.4 Å². The fraction of sp³-hybridized carbons (Fsp3) is 0.250. The molecule has 2 aromatic carbocycles. The first-order chi connectivity index (χ1) is 12.5. The van der Waals surface area contributed by atoms with Gasteiger partial charge >= 0.3 is 0 Å². The minimum Gasteiger partial charge on any atom is -0.326 e. The Bertz CT molecular complexity index is 830. The van der Waals surface area contributed by atoms with E-state index in [1.54, 1.807) is 35.2 Å². The average molecular weight is 351 g/mol. The zero-order valence-electron chi connectivity index (χ0n) is 14.6. The Morgan fingerprint density at radius 2 is 1.77 bits per heavy atom. The molecule has 0 unspecified atom stereocenters. The fourth-order valence-corrected chi connectivity index (χ4v) is 3.01. The van der Waals surface area contributed by atoms with Crippen molar-refractivity contribution in [2.24, 2.45) is 0 Å². The lowest BCUT2D eigenvalue weighted by atomic mass is 10.1. The minimum atomic E-state index is -0.156. The van der Waals surface area contributed by atoms with Gasteiger partial charge in [-0.05, 0) is 36.2 Å². The Labute approximate surface area is 152 Å². The van der Waals surface area contributed by atoms with Crippen LogP contribution in [0.5, 0.6) is 0 Å². The Morgan fingerprint density at radius 3 is 2.42 bits per heavy atom. The van der Waals surface area contributed by atoms with E-state index in [2.05, 4.69) is 10.6 Å². The van der Waals surface area contributed by atoms with E-state index < -0.39 is 0 Å². The molecule has 1 aliphatic rings. The molecule has 0 saturated carbocycles. The molecular formula is C20H21N3O3. The molecule has 2 N–H and O–H groups in total. The SMILES string of the molecule is CC(=O)Nc1ccc(CC(=O)Nc2ccccc2N2CCCC2=O)cc1. The highest BCUT2D eigenvalue weighted by molar-refractivity contribution is 6.02. The van der Waals surface area contributed by atoms with Gasteiger partial charge in [-0.2, -0.15) is 0 Å². The monoisotopic (exact) mass is 351 g/mol. The van der Waals surface area contributed by atoms with Crippen molar-refractivity contribution in [2.45, 2.75) is 26.2 Å². The van der Waals surface area contributed by atoms with E-state index in [0.717, 1.165) is 17.7 Å². The maximum atomic E-state index is 12.4. The standard InChI is InChI=1S/C20H21N3O3/c1-14(24)21-16-10-8-15(9-11-16)13-19(25)22-17-5-2-3-6-18(17)23-12-4-7-20(23)26/h2-3,5-6,8-11H,4,7,12-13H2,1H3,(H,21,24)(H,22,25). The van der Waals surface area contributed by atoms with Crippen LogP contribution in [0.4, 0.5) is 17.1 Å². The molecule has 0 atom stereocenters. The summed E-state index contributed by atoms with van der Waals surface area (Å²) in [5, 5.41) is 5.59. The predicted octanol–water partition coefficient (Wildman–Crippen LogP) is 2.95. The summed E-state index contributed by atoms with van der Waals surface area (Å²) in [6.45, 7) is 2.13. The Morgan fingerprint density at radius 1 is 1.04 bits per heavy atom. The van der Waals surface area contributed by atoms with E-state index in [1.807, 2.05) is 18.2 Å². The van der Waals surface area contributed by atoms with E-state index >= 15 is 0 Å². The number of nitrogens with zero attached hydrogens (tertiary/aromatic N) is 1. The van der Waals surface area contributed by atoms with Crippen molar-refractivity contribution in [1.82, 2.24) is 0 Å². The van der Waals surface area contributed by atoms with Crippen LogP contribution in [0.3, 0.4) is 0 Å². The van der Waals surface area contributed by atoms with Gasteiger partial charge in [-0.15, -0.1) is 0 Å². The molecule has 1 heterocycles. The molecule has 0 bridgehead atoms. The van der Waals surface area contributed by atoms with Crippen LogP contribution in [-0.4, -0.2) is 24.3 Å². The molecule has 1 aliphatic heterocycles. The maximum absolute atomic E-state index is 12.4. The third kappa shape index (κ3) is 4.27. The lowest BCUT2D eigenvalue weighted by Gasteiger charge is -2.20. The van der Waals surface area contributed by atoms with Crippen molar-refractivity contribution in [3.05, 3.63) is 54.1 Å². The summed E-state index contributed by atoms with van der Waals surface area (Å²) in [6, 6.07) is 14.5. The molecule has 2 aromatic rings. The summed E-state index contributed by atoms with van der Waals surface area (Å²) in [5.41, 5.74) is 2.91. The molecule has 1 fully saturated rings. The van der Waals surface area contributed by atoms with E-state index in [0.29, 0.717) is 24.3 Å². The molecule has 0 aliphatic carbocycles. The largest absolute Gasteiger partial charge is 0.326 e. The van der Waals surface area contributed by atoms with Gasteiger partial charge in [0.05, 0.1) is 17.8 Å². The highest BCUT2D eigenvalue weighted by Crippen LogP contribution is 2.29. The first-order valence-corrected chi connectivity index (χ1v) is 8.59. The molecule has 6 heteroatoms. The summed E-state index contributed by atoms with van der Waals surface area (Å²) < 4.78 is 0. The van der Waals surface area contributed by atoms with Crippen LogP contribution in [0.25, 0.3) is 0 Å². The Hall–Kier alpha value is -3.15. The topological polar surface area (TPSA) is 78.5 Å². The fourth-order valence-electron chi connectivity index (χ4n) is 3.01. The normalized spacial score (nSPS) is 13.6. The van der Waals surface area contributed by atoms with Crippen molar-refractivity contribution in [3.8, 4) is 0 Å². The summed E-state index contributed by atoms with van der Waals surface area (Å²) in [5.74, 6) is -0.208. The molecule has 0 radical (unpaired) electrons. The van der Waals surface area contributed by atoms with E-state index in [-0.39, 0.29) is 24.1 Å². The molecule has 1 saturated heterocycles. The van der Waals surface area contributed by atoms with Crippen LogP contribution >= 0.6 is 0 Å². The molecular weight excluding hydrogens is 330 g/mol. The second-order valence-electron chi connectivity index (χ2n) is 6.27. The van der Waals surface area contributed by atoms with Crippen molar-refractivity contribution < 1.29 is 14.4 Å². The van der Waals surface area contributed by atoms with Gasteiger partial charge in [-0.1, -0.05) is 24.3 Å². The number of para-hydroxylation sites is 2. The highest BCUT2D eigenvalue weighted by Gasteiger charge is 2.24. The van der Waals surface area contributed by atoms with Crippen molar-refractivity contribution in [2.75, 3.05) is 22.1 Å². The van der Waals surface area contributed by atoms with Crippen LogP contribution < -0.4 is 15.5 Å². The zero-order chi connectivity index (χ0) is 18.5. The zero-order valence-corrected chi connectivity index (χ0v) is 14.6. The van der Waals surface area contributed by atoms with Gasteiger partial charge in [-0.25, -0.2) is 0 Å². The Balaban J connectivity index is 1.67. The molecule has 6 nitrogen and oxygen atoms in total. The maximum Gasteiger partial charge on any atom is 0.228 e. The molecule has 0 spiro atoms. The van der Waals surface area contributed by atoms with Gasteiger partial charge < -0.3 is 15.5 Å². The number of hydrogen-bond donors (Lipinski definition) is 2. The number of nitrogens with one attached hydrogen (secondary N) is 2. The first-order valence-electron chi connectivity index (χ1n) is 8.59.